The maximum atomic E-state index is 13.5. The zero-order chi connectivity index (χ0) is 13.0. The number of benzene rings is 1. The van der Waals surface area contributed by atoms with E-state index < -0.39 is 11.9 Å². The van der Waals surface area contributed by atoms with Crippen LogP contribution in [0.2, 0.25) is 0 Å². The van der Waals surface area contributed by atoms with Crippen molar-refractivity contribution in [2.45, 2.75) is 6.10 Å². The number of rotatable bonds is 5. The Kier molecular flexibility index (Phi) is 3.80. The number of aliphatic hydroxyl groups is 2. The van der Waals surface area contributed by atoms with E-state index in [2.05, 4.69) is 20.8 Å². The summed E-state index contributed by atoms with van der Waals surface area (Å²) in [6.07, 6.45) is 0.445. The van der Waals surface area contributed by atoms with Gasteiger partial charge in [0.1, 0.15) is 12.1 Å². The van der Waals surface area contributed by atoms with E-state index in [1.54, 1.807) is 0 Å². The lowest BCUT2D eigenvalue weighted by molar-refractivity contribution is 0.105. The van der Waals surface area contributed by atoms with Gasteiger partial charge in [-0.1, -0.05) is 0 Å². The molecule has 96 valence electrons. The summed E-state index contributed by atoms with van der Waals surface area (Å²) in [6, 6.07) is 4.31. The lowest BCUT2D eigenvalue weighted by atomic mass is 10.2. The number of aromatic nitrogens is 4. The van der Waals surface area contributed by atoms with Crippen molar-refractivity contribution in [3.63, 3.8) is 0 Å². The molecule has 0 spiro atoms. The zero-order valence-corrected chi connectivity index (χ0v) is 9.36. The number of aliphatic hydroxyl groups excluding tert-OH is 2. The van der Waals surface area contributed by atoms with Crippen LogP contribution in [0.25, 0.3) is 5.69 Å². The number of nitrogens with one attached hydrogen (secondary N) is 1. The highest BCUT2D eigenvalue weighted by molar-refractivity contribution is 5.52. The van der Waals surface area contributed by atoms with Crippen molar-refractivity contribution < 1.29 is 14.6 Å². The Balaban J connectivity index is 2.17. The largest absolute Gasteiger partial charge is 0.394 e. The number of halogens is 1. The third kappa shape index (κ3) is 2.79. The summed E-state index contributed by atoms with van der Waals surface area (Å²) in [5.74, 6) is -0.461. The fraction of sp³-hybridized carbons (Fsp3) is 0.300. The smallest absolute Gasteiger partial charge is 0.146 e. The predicted octanol–water partition coefficient (Wildman–Crippen LogP) is -0.434. The van der Waals surface area contributed by atoms with E-state index in [-0.39, 0.29) is 18.8 Å². The Bertz CT molecular complexity index is 505. The monoisotopic (exact) mass is 253 g/mol. The molecule has 2 aromatic rings. The summed E-state index contributed by atoms with van der Waals surface area (Å²) in [5, 5.41) is 31.2. The third-order valence-electron chi connectivity index (χ3n) is 2.30. The van der Waals surface area contributed by atoms with Gasteiger partial charge in [0, 0.05) is 6.54 Å². The van der Waals surface area contributed by atoms with Gasteiger partial charge in [-0.3, -0.25) is 0 Å². The molecule has 1 aromatic heterocycles. The minimum Gasteiger partial charge on any atom is -0.394 e. The van der Waals surface area contributed by atoms with E-state index in [1.807, 2.05) is 0 Å². The van der Waals surface area contributed by atoms with Crippen molar-refractivity contribution in [3.8, 4) is 5.69 Å². The summed E-state index contributed by atoms with van der Waals surface area (Å²) >= 11 is 0. The Hall–Kier alpha value is -2.06. The molecule has 8 heteroatoms. The molecule has 0 amide bonds. The second-order valence-corrected chi connectivity index (χ2v) is 3.64. The second kappa shape index (κ2) is 5.52. The number of anilines is 1. The third-order valence-corrected chi connectivity index (χ3v) is 2.30. The Labute approximate surface area is 102 Å². The number of hydrogen-bond acceptors (Lipinski definition) is 6. The van der Waals surface area contributed by atoms with Crippen molar-refractivity contribution in [2.24, 2.45) is 0 Å². The molecule has 2 rings (SSSR count). The molecule has 7 nitrogen and oxygen atoms in total. The van der Waals surface area contributed by atoms with Gasteiger partial charge in [0.25, 0.3) is 0 Å². The average Bonchev–Trinajstić information content (AvgIpc) is 2.91. The van der Waals surface area contributed by atoms with E-state index in [0.717, 1.165) is 0 Å². The Morgan fingerprint density at radius 3 is 2.94 bits per heavy atom. The van der Waals surface area contributed by atoms with Crippen LogP contribution in [0.15, 0.2) is 24.5 Å². The first kappa shape index (κ1) is 12.4. The summed E-state index contributed by atoms with van der Waals surface area (Å²) in [4.78, 5) is 0. The van der Waals surface area contributed by atoms with Crippen LogP contribution in [-0.4, -0.2) is 49.7 Å². The molecule has 1 aromatic carbocycles. The molecule has 0 aliphatic rings. The quantitative estimate of drug-likeness (QED) is 0.669. The van der Waals surface area contributed by atoms with E-state index in [4.69, 9.17) is 5.11 Å². The average molecular weight is 253 g/mol. The van der Waals surface area contributed by atoms with E-state index in [9.17, 15) is 9.50 Å². The molecule has 0 bridgehead atoms. The van der Waals surface area contributed by atoms with Crippen LogP contribution in [0.1, 0.15) is 0 Å². The van der Waals surface area contributed by atoms with Crippen LogP contribution in [0, 0.1) is 5.82 Å². The molecule has 0 saturated heterocycles. The predicted molar refractivity (Wildman–Crippen MR) is 60.7 cm³/mol. The normalized spacial score (nSPS) is 12.4. The van der Waals surface area contributed by atoms with Gasteiger partial charge in [-0.15, -0.1) is 5.10 Å². The van der Waals surface area contributed by atoms with Crippen molar-refractivity contribution in [1.82, 2.24) is 20.2 Å². The fourth-order valence-corrected chi connectivity index (χ4v) is 1.36. The van der Waals surface area contributed by atoms with Gasteiger partial charge in [-0.25, -0.2) is 9.07 Å². The van der Waals surface area contributed by atoms with Crippen LogP contribution in [0.4, 0.5) is 10.1 Å². The van der Waals surface area contributed by atoms with Gasteiger partial charge < -0.3 is 15.5 Å². The molecule has 0 aliphatic heterocycles. The number of nitrogens with zero attached hydrogens (tertiary/aromatic N) is 4. The molecular weight excluding hydrogens is 241 g/mol. The number of tetrazole rings is 1. The fourth-order valence-electron chi connectivity index (χ4n) is 1.36. The molecule has 1 atom stereocenters. The minimum atomic E-state index is -0.943. The van der Waals surface area contributed by atoms with Crippen LogP contribution in [0.3, 0.4) is 0 Å². The molecule has 1 unspecified atom stereocenters. The van der Waals surface area contributed by atoms with Gasteiger partial charge in [0.05, 0.1) is 24.1 Å². The van der Waals surface area contributed by atoms with E-state index in [0.29, 0.717) is 5.69 Å². The first-order valence-electron chi connectivity index (χ1n) is 5.26. The molecule has 0 aliphatic carbocycles. The molecule has 0 fully saturated rings. The maximum Gasteiger partial charge on any atom is 0.146 e. The lowest BCUT2D eigenvalue weighted by Gasteiger charge is -2.12. The van der Waals surface area contributed by atoms with Crippen molar-refractivity contribution in [3.05, 3.63) is 30.3 Å². The molecule has 18 heavy (non-hydrogen) atoms. The first-order chi connectivity index (χ1) is 8.70. The van der Waals surface area contributed by atoms with Crippen LogP contribution >= 0.6 is 0 Å². The SMILES string of the molecule is OCC(O)CNc1cc(-n2cnnn2)ccc1F. The standard InChI is InChI=1S/C10H12FN5O2/c11-9-2-1-7(16-6-13-14-15-16)3-10(9)12-4-8(18)5-17/h1-3,6,8,12,17-18H,4-5H2. The highest BCUT2D eigenvalue weighted by Crippen LogP contribution is 2.18. The molecule has 0 saturated carbocycles. The van der Waals surface area contributed by atoms with Gasteiger partial charge in [0.15, 0.2) is 0 Å². The Morgan fingerprint density at radius 1 is 1.44 bits per heavy atom. The van der Waals surface area contributed by atoms with Gasteiger partial charge >= 0.3 is 0 Å². The summed E-state index contributed by atoms with van der Waals surface area (Å²) in [6.45, 7) is -0.339. The Morgan fingerprint density at radius 2 is 2.28 bits per heavy atom. The second-order valence-electron chi connectivity index (χ2n) is 3.64. The molecule has 3 N–H and O–H groups in total. The highest BCUT2D eigenvalue weighted by Gasteiger charge is 2.07. The topological polar surface area (TPSA) is 96.1 Å². The van der Waals surface area contributed by atoms with Gasteiger partial charge in [-0.2, -0.15) is 0 Å². The van der Waals surface area contributed by atoms with Crippen molar-refractivity contribution in [2.75, 3.05) is 18.5 Å². The summed E-state index contributed by atoms with van der Waals surface area (Å²) < 4.78 is 14.9. The van der Waals surface area contributed by atoms with E-state index >= 15 is 0 Å². The van der Waals surface area contributed by atoms with E-state index in [1.165, 1.54) is 29.2 Å². The van der Waals surface area contributed by atoms with Crippen molar-refractivity contribution >= 4 is 5.69 Å². The van der Waals surface area contributed by atoms with Crippen LogP contribution in [-0.2, 0) is 0 Å². The summed E-state index contributed by atoms with van der Waals surface area (Å²) in [7, 11) is 0. The molecular formula is C10H12FN5O2. The summed E-state index contributed by atoms with van der Waals surface area (Å²) in [5.41, 5.74) is 0.790. The highest BCUT2D eigenvalue weighted by atomic mass is 19.1. The lowest BCUT2D eigenvalue weighted by Crippen LogP contribution is -2.23. The first-order valence-corrected chi connectivity index (χ1v) is 5.26. The van der Waals surface area contributed by atoms with Crippen LogP contribution in [0.5, 0.6) is 0 Å². The maximum absolute atomic E-state index is 13.5. The van der Waals surface area contributed by atoms with Gasteiger partial charge in [-0.05, 0) is 28.6 Å². The molecule has 1 heterocycles. The minimum absolute atomic E-state index is 0.0481. The van der Waals surface area contributed by atoms with Gasteiger partial charge in [0.2, 0.25) is 0 Å². The van der Waals surface area contributed by atoms with Crippen LogP contribution < -0.4 is 5.32 Å². The number of hydrogen-bond donors (Lipinski definition) is 3. The van der Waals surface area contributed by atoms with Crippen molar-refractivity contribution in [1.29, 1.82) is 0 Å². The molecule has 0 radical (unpaired) electrons. The zero-order valence-electron chi connectivity index (χ0n) is 9.36.